The van der Waals surface area contributed by atoms with Crippen molar-refractivity contribution in [1.29, 1.82) is 0 Å². The highest BCUT2D eigenvalue weighted by Crippen LogP contribution is 2.30. The molecule has 0 radical (unpaired) electrons. The fourth-order valence-corrected chi connectivity index (χ4v) is 4.04. The lowest BCUT2D eigenvalue weighted by atomic mass is 10.0. The van der Waals surface area contributed by atoms with Crippen molar-refractivity contribution >= 4 is 10.9 Å². The molecule has 5 aromatic rings. The molecule has 0 bridgehead atoms. The summed E-state index contributed by atoms with van der Waals surface area (Å²) in [5.74, 6) is -0.846. The summed E-state index contributed by atoms with van der Waals surface area (Å²) < 4.78 is 37.0. The van der Waals surface area contributed by atoms with E-state index in [-0.39, 0.29) is 17.7 Å². The average Bonchev–Trinajstić information content (AvgIpc) is 3.20. The largest absolute Gasteiger partial charge is 0.471 e. The van der Waals surface area contributed by atoms with Gasteiger partial charge in [-0.25, -0.2) is 13.8 Å². The second-order valence-electron chi connectivity index (χ2n) is 8.49. The van der Waals surface area contributed by atoms with Crippen molar-refractivity contribution in [2.24, 2.45) is 14.1 Å². The van der Waals surface area contributed by atoms with Crippen LogP contribution in [-0.4, -0.2) is 19.3 Å². The summed E-state index contributed by atoms with van der Waals surface area (Å²) in [7, 11) is 3.51. The number of halogens is 2. The van der Waals surface area contributed by atoms with E-state index in [1.54, 1.807) is 30.1 Å². The predicted molar refractivity (Wildman–Crippen MR) is 130 cm³/mol. The van der Waals surface area contributed by atoms with Crippen molar-refractivity contribution in [3.63, 3.8) is 0 Å². The highest BCUT2D eigenvalue weighted by Gasteiger charge is 2.14. The fraction of sp³-hybridized carbons (Fsp3) is 0.148. The molecule has 0 aliphatic heterocycles. The van der Waals surface area contributed by atoms with Gasteiger partial charge in [-0.1, -0.05) is 24.3 Å². The maximum atomic E-state index is 14.3. The highest BCUT2D eigenvalue weighted by molar-refractivity contribution is 5.84. The van der Waals surface area contributed by atoms with Crippen LogP contribution in [0.15, 0.2) is 71.8 Å². The third-order valence-electron chi connectivity index (χ3n) is 5.82. The van der Waals surface area contributed by atoms with E-state index < -0.39 is 11.6 Å². The maximum Gasteiger partial charge on any atom is 0.250 e. The Morgan fingerprint density at radius 3 is 2.43 bits per heavy atom. The summed E-state index contributed by atoms with van der Waals surface area (Å²) in [4.78, 5) is 16.2. The normalized spacial score (nSPS) is 11.2. The molecule has 0 aliphatic carbocycles. The van der Waals surface area contributed by atoms with Crippen molar-refractivity contribution in [3.8, 4) is 28.3 Å². The summed E-state index contributed by atoms with van der Waals surface area (Å²) in [6.45, 7) is 2.15. The van der Waals surface area contributed by atoms with Gasteiger partial charge in [0.15, 0.2) is 5.82 Å². The van der Waals surface area contributed by atoms with Crippen molar-refractivity contribution in [3.05, 3.63) is 100 Å². The minimum absolute atomic E-state index is 0.0914. The van der Waals surface area contributed by atoms with Gasteiger partial charge in [0, 0.05) is 55.1 Å². The quantitative estimate of drug-likeness (QED) is 0.354. The first-order valence-corrected chi connectivity index (χ1v) is 11.0. The van der Waals surface area contributed by atoms with Crippen molar-refractivity contribution in [2.45, 2.75) is 13.5 Å². The Kier molecular flexibility index (Phi) is 5.64. The summed E-state index contributed by atoms with van der Waals surface area (Å²) >= 11 is 0. The van der Waals surface area contributed by atoms with Crippen molar-refractivity contribution in [1.82, 2.24) is 19.3 Å². The van der Waals surface area contributed by atoms with Crippen LogP contribution >= 0.6 is 0 Å². The SMILES string of the molecule is Cc1cc2cc(F)cc(F)c2nc1-c1ccc(COc2nn(C)cc2-c2ccc(=O)n(C)c2)cc1. The molecule has 176 valence electrons. The molecule has 0 N–H and O–H groups in total. The molecule has 0 saturated carbocycles. The van der Waals surface area contributed by atoms with E-state index in [0.717, 1.165) is 33.9 Å². The van der Waals surface area contributed by atoms with Crippen LogP contribution in [0.5, 0.6) is 5.88 Å². The van der Waals surface area contributed by atoms with E-state index >= 15 is 0 Å². The van der Waals surface area contributed by atoms with Gasteiger partial charge in [-0.2, -0.15) is 0 Å². The highest BCUT2D eigenvalue weighted by atomic mass is 19.1. The van der Waals surface area contributed by atoms with Crippen LogP contribution < -0.4 is 10.3 Å². The van der Waals surface area contributed by atoms with Gasteiger partial charge in [0.2, 0.25) is 11.4 Å². The number of nitrogens with zero attached hydrogens (tertiary/aromatic N) is 4. The van der Waals surface area contributed by atoms with Gasteiger partial charge in [0.1, 0.15) is 17.9 Å². The Balaban J connectivity index is 1.38. The van der Waals surface area contributed by atoms with Crippen LogP contribution in [0.2, 0.25) is 0 Å². The molecule has 3 aromatic heterocycles. The Morgan fingerprint density at radius 1 is 0.943 bits per heavy atom. The number of aromatic nitrogens is 4. The van der Waals surface area contributed by atoms with Crippen LogP contribution in [-0.2, 0) is 20.7 Å². The first-order chi connectivity index (χ1) is 16.8. The summed E-state index contributed by atoms with van der Waals surface area (Å²) in [5.41, 5.74) is 4.86. The zero-order chi connectivity index (χ0) is 24.7. The third kappa shape index (κ3) is 4.42. The minimum atomic E-state index is -0.684. The summed E-state index contributed by atoms with van der Waals surface area (Å²) in [6, 6.07) is 14.7. The van der Waals surface area contributed by atoms with Gasteiger partial charge in [-0.15, -0.1) is 5.10 Å². The number of benzene rings is 2. The van der Waals surface area contributed by atoms with Crippen LogP contribution in [0, 0.1) is 18.6 Å². The van der Waals surface area contributed by atoms with E-state index in [9.17, 15) is 13.6 Å². The Labute approximate surface area is 200 Å². The number of rotatable bonds is 5. The molecule has 2 aromatic carbocycles. The zero-order valence-corrected chi connectivity index (χ0v) is 19.4. The minimum Gasteiger partial charge on any atom is -0.471 e. The Morgan fingerprint density at radius 2 is 1.69 bits per heavy atom. The topological polar surface area (TPSA) is 61.9 Å². The molecule has 0 aliphatic rings. The molecular weight excluding hydrogens is 450 g/mol. The van der Waals surface area contributed by atoms with E-state index in [1.807, 2.05) is 44.4 Å². The van der Waals surface area contributed by atoms with Crippen LogP contribution in [0.3, 0.4) is 0 Å². The van der Waals surface area contributed by atoms with Crippen LogP contribution in [0.4, 0.5) is 8.78 Å². The molecule has 5 rings (SSSR count). The van der Waals surface area contributed by atoms with Gasteiger partial charge >= 0.3 is 0 Å². The third-order valence-corrected chi connectivity index (χ3v) is 5.82. The molecule has 0 amide bonds. The van der Waals surface area contributed by atoms with Gasteiger partial charge in [0.25, 0.3) is 0 Å². The van der Waals surface area contributed by atoms with E-state index in [4.69, 9.17) is 4.74 Å². The smallest absolute Gasteiger partial charge is 0.250 e. The molecule has 0 fully saturated rings. The monoisotopic (exact) mass is 472 g/mol. The molecule has 0 spiro atoms. The Bertz CT molecular complexity index is 1620. The number of aryl methyl sites for hydroxylation is 3. The maximum absolute atomic E-state index is 14.3. The second-order valence-corrected chi connectivity index (χ2v) is 8.49. The molecule has 0 saturated heterocycles. The van der Waals surface area contributed by atoms with Gasteiger partial charge < -0.3 is 9.30 Å². The van der Waals surface area contributed by atoms with Crippen LogP contribution in [0.1, 0.15) is 11.1 Å². The molecule has 35 heavy (non-hydrogen) atoms. The van der Waals surface area contributed by atoms with E-state index in [0.29, 0.717) is 17.0 Å². The number of hydrogen-bond acceptors (Lipinski definition) is 4. The molecular formula is C27H22F2N4O2. The van der Waals surface area contributed by atoms with Gasteiger partial charge in [-0.05, 0) is 36.2 Å². The van der Waals surface area contributed by atoms with E-state index in [1.165, 1.54) is 16.7 Å². The number of fused-ring (bicyclic) bond motifs is 1. The molecule has 0 atom stereocenters. The van der Waals surface area contributed by atoms with Crippen molar-refractivity contribution < 1.29 is 13.5 Å². The molecule has 3 heterocycles. The first kappa shape index (κ1) is 22.5. The zero-order valence-electron chi connectivity index (χ0n) is 19.4. The van der Waals surface area contributed by atoms with Crippen molar-refractivity contribution in [2.75, 3.05) is 0 Å². The second kappa shape index (κ2) is 8.79. The standard InChI is InChI=1S/C27H22F2N4O2/c1-16-10-20-11-21(28)12-23(29)26(20)30-25(16)18-6-4-17(5-7-18)15-35-27-22(14-33(3)31-27)19-8-9-24(34)32(2)13-19/h4-14H,15H2,1-3H3. The molecule has 0 unspecified atom stereocenters. The number of pyridine rings is 2. The Hall–Kier alpha value is -4.33. The molecule has 6 nitrogen and oxygen atoms in total. The summed E-state index contributed by atoms with van der Waals surface area (Å²) in [5, 5.41) is 4.84. The predicted octanol–water partition coefficient (Wildman–Crippen LogP) is 5.17. The molecule has 8 heteroatoms. The lowest BCUT2D eigenvalue weighted by Crippen LogP contribution is -2.13. The average molecular weight is 472 g/mol. The fourth-order valence-electron chi connectivity index (χ4n) is 4.04. The number of ether oxygens (including phenoxy) is 1. The van der Waals surface area contributed by atoms with E-state index in [2.05, 4.69) is 10.1 Å². The van der Waals surface area contributed by atoms with Gasteiger partial charge in [-0.3, -0.25) is 9.48 Å². The summed E-state index contributed by atoms with van der Waals surface area (Å²) in [6.07, 6.45) is 3.59. The first-order valence-electron chi connectivity index (χ1n) is 11.0. The van der Waals surface area contributed by atoms with Crippen LogP contribution in [0.25, 0.3) is 33.3 Å². The lowest BCUT2D eigenvalue weighted by Gasteiger charge is -2.10. The lowest BCUT2D eigenvalue weighted by molar-refractivity contribution is 0.292. The van der Waals surface area contributed by atoms with Gasteiger partial charge in [0.05, 0.1) is 11.3 Å². The number of hydrogen-bond donors (Lipinski definition) is 0.